The van der Waals surface area contributed by atoms with Gasteiger partial charge in [-0.25, -0.2) is 9.78 Å². The Morgan fingerprint density at radius 3 is 2.44 bits per heavy atom. The van der Waals surface area contributed by atoms with Crippen molar-refractivity contribution in [2.75, 3.05) is 0 Å². The minimum Gasteiger partial charge on any atom is -0.341 e. The van der Waals surface area contributed by atoms with Gasteiger partial charge in [-0.05, 0) is 28.0 Å². The number of aromatic amines is 2. The summed E-state index contributed by atoms with van der Waals surface area (Å²) in [6.07, 6.45) is 1.35. The Bertz CT molecular complexity index is 1570. The monoisotopic (exact) mass is 422 g/mol. The number of hydrogen-bond donors (Lipinski definition) is 3. The van der Waals surface area contributed by atoms with Gasteiger partial charge in [0.05, 0.1) is 17.0 Å². The lowest BCUT2D eigenvalue weighted by Crippen LogP contribution is -2.30. The second-order valence-electron chi connectivity index (χ2n) is 7.41. The van der Waals surface area contributed by atoms with Crippen LogP contribution in [0.15, 0.2) is 94.6 Å². The first kappa shape index (κ1) is 19.4. The molecule has 0 spiro atoms. The number of pyridine rings is 1. The summed E-state index contributed by atoms with van der Waals surface area (Å²) >= 11 is 0. The Balaban J connectivity index is 1.59. The number of hydrogen-bond acceptors (Lipinski definition) is 4. The van der Waals surface area contributed by atoms with Crippen molar-refractivity contribution < 1.29 is 4.79 Å². The van der Waals surface area contributed by atoms with Gasteiger partial charge in [-0.1, -0.05) is 72.8 Å². The molecule has 1 amide bonds. The number of amides is 1. The highest BCUT2D eigenvalue weighted by Crippen LogP contribution is 2.29. The highest BCUT2D eigenvalue weighted by Gasteiger charge is 2.20. The molecule has 7 nitrogen and oxygen atoms in total. The van der Waals surface area contributed by atoms with Gasteiger partial charge in [0, 0.05) is 6.20 Å². The summed E-state index contributed by atoms with van der Waals surface area (Å²) in [5.74, 6) is -0.383. The van der Waals surface area contributed by atoms with E-state index in [2.05, 4.69) is 20.3 Å². The van der Waals surface area contributed by atoms with Crippen LogP contribution in [0.2, 0.25) is 0 Å². The Morgan fingerprint density at radius 1 is 0.844 bits per heavy atom. The topological polar surface area (TPSA) is 108 Å². The van der Waals surface area contributed by atoms with Gasteiger partial charge in [-0.3, -0.25) is 19.6 Å². The van der Waals surface area contributed by atoms with E-state index in [4.69, 9.17) is 0 Å². The van der Waals surface area contributed by atoms with Crippen LogP contribution in [0.3, 0.4) is 0 Å². The van der Waals surface area contributed by atoms with Crippen molar-refractivity contribution in [2.24, 2.45) is 0 Å². The lowest BCUT2D eigenvalue weighted by molar-refractivity contribution is 0.0943. The average molecular weight is 422 g/mol. The first-order valence-electron chi connectivity index (χ1n) is 10.1. The molecule has 1 atom stereocenters. The number of rotatable bonds is 4. The summed E-state index contributed by atoms with van der Waals surface area (Å²) in [6.45, 7) is 0. The molecule has 5 aromatic rings. The van der Waals surface area contributed by atoms with Crippen molar-refractivity contribution in [2.45, 2.75) is 6.04 Å². The molecule has 0 aliphatic rings. The largest absolute Gasteiger partial charge is 0.341 e. The number of benzene rings is 3. The van der Waals surface area contributed by atoms with Gasteiger partial charge in [0.2, 0.25) is 0 Å². The predicted molar refractivity (Wildman–Crippen MR) is 123 cm³/mol. The van der Waals surface area contributed by atoms with Gasteiger partial charge in [-0.15, -0.1) is 0 Å². The molecule has 0 bridgehead atoms. The third-order valence-electron chi connectivity index (χ3n) is 5.40. The summed E-state index contributed by atoms with van der Waals surface area (Å²) in [5.41, 5.74) is 0.985. The zero-order valence-electron chi connectivity index (χ0n) is 16.8. The van der Waals surface area contributed by atoms with Crippen LogP contribution in [0.25, 0.3) is 21.8 Å². The minimum absolute atomic E-state index is 0.129. The minimum atomic E-state index is -0.646. The maximum absolute atomic E-state index is 13.2. The van der Waals surface area contributed by atoms with E-state index in [1.165, 1.54) is 12.3 Å². The number of aromatic nitrogens is 3. The normalized spacial score (nSPS) is 12.0. The summed E-state index contributed by atoms with van der Waals surface area (Å²) in [6, 6.07) is 24.7. The quantitative estimate of drug-likeness (QED) is 0.413. The summed E-state index contributed by atoms with van der Waals surface area (Å²) in [4.78, 5) is 45.5. The summed E-state index contributed by atoms with van der Waals surface area (Å²) < 4.78 is 0. The molecule has 0 radical (unpaired) electrons. The molecule has 3 aromatic carbocycles. The van der Waals surface area contributed by atoms with Crippen LogP contribution >= 0.6 is 0 Å². The fraction of sp³-hybridized carbons (Fsp3) is 0.0400. The zero-order valence-corrected chi connectivity index (χ0v) is 16.8. The second-order valence-corrected chi connectivity index (χ2v) is 7.41. The van der Waals surface area contributed by atoms with Gasteiger partial charge < -0.3 is 5.32 Å². The van der Waals surface area contributed by atoms with Gasteiger partial charge in [-0.2, -0.15) is 0 Å². The second kappa shape index (κ2) is 7.96. The van der Waals surface area contributed by atoms with Crippen LogP contribution in [-0.4, -0.2) is 20.9 Å². The Hall–Kier alpha value is -4.52. The predicted octanol–water partition coefficient (Wildman–Crippen LogP) is 3.28. The first-order chi connectivity index (χ1) is 15.6. The molecule has 0 saturated heterocycles. The van der Waals surface area contributed by atoms with Crippen molar-refractivity contribution in [3.63, 3.8) is 0 Å². The van der Waals surface area contributed by atoms with Crippen molar-refractivity contribution in [3.05, 3.63) is 123 Å². The molecule has 0 aliphatic carbocycles. The SMILES string of the molecule is O=C(NC(c1ccccc1)c1cccc2ccccc12)c1cnc2[nH]c(=O)[nH]c(=O)c2c1. The standard InChI is InChI=1S/C25H18N4O3/c30-23(17-13-20-22(26-14-17)28-25(32)29-24(20)31)27-21(16-8-2-1-3-9-16)19-12-6-10-15-7-4-5-11-18(15)19/h1-14,21H,(H,27,30)(H2,26,28,29,31,32). The van der Waals surface area contributed by atoms with Crippen LogP contribution in [-0.2, 0) is 0 Å². The van der Waals surface area contributed by atoms with E-state index in [9.17, 15) is 14.4 Å². The number of fused-ring (bicyclic) bond motifs is 2. The molecule has 0 aliphatic heterocycles. The molecule has 3 N–H and O–H groups in total. The van der Waals surface area contributed by atoms with Crippen molar-refractivity contribution in [3.8, 4) is 0 Å². The van der Waals surface area contributed by atoms with Gasteiger partial charge in [0.25, 0.3) is 11.5 Å². The molecule has 7 heteroatoms. The zero-order chi connectivity index (χ0) is 22.1. The third-order valence-corrected chi connectivity index (χ3v) is 5.40. The van der Waals surface area contributed by atoms with E-state index in [1.54, 1.807) is 0 Å². The van der Waals surface area contributed by atoms with Gasteiger partial charge in [0.1, 0.15) is 5.65 Å². The summed E-state index contributed by atoms with van der Waals surface area (Å²) in [5, 5.41) is 5.34. The molecule has 32 heavy (non-hydrogen) atoms. The molecule has 0 saturated carbocycles. The van der Waals surface area contributed by atoms with E-state index in [0.717, 1.165) is 21.9 Å². The lowest BCUT2D eigenvalue weighted by Gasteiger charge is -2.21. The van der Waals surface area contributed by atoms with Gasteiger partial charge in [0.15, 0.2) is 0 Å². The smallest absolute Gasteiger partial charge is 0.327 e. The Morgan fingerprint density at radius 2 is 1.59 bits per heavy atom. The summed E-state index contributed by atoms with van der Waals surface area (Å²) in [7, 11) is 0. The highest BCUT2D eigenvalue weighted by atomic mass is 16.2. The molecule has 2 heterocycles. The van der Waals surface area contributed by atoms with Crippen molar-refractivity contribution in [1.82, 2.24) is 20.3 Å². The number of H-pyrrole nitrogens is 2. The van der Waals surface area contributed by atoms with Crippen molar-refractivity contribution in [1.29, 1.82) is 0 Å². The number of nitrogens with zero attached hydrogens (tertiary/aromatic N) is 1. The van der Waals surface area contributed by atoms with E-state index in [-0.39, 0.29) is 22.5 Å². The van der Waals surface area contributed by atoms with Crippen LogP contribution in [0, 0.1) is 0 Å². The molecule has 0 fully saturated rings. The molecule has 2 aromatic heterocycles. The van der Waals surface area contributed by atoms with E-state index < -0.39 is 17.3 Å². The fourth-order valence-electron chi connectivity index (χ4n) is 3.87. The number of nitrogens with one attached hydrogen (secondary N) is 3. The maximum Gasteiger partial charge on any atom is 0.327 e. The first-order valence-corrected chi connectivity index (χ1v) is 10.1. The van der Waals surface area contributed by atoms with Crippen LogP contribution < -0.4 is 16.6 Å². The Kier molecular flexibility index (Phi) is 4.84. The average Bonchev–Trinajstić information content (AvgIpc) is 2.82. The highest BCUT2D eigenvalue weighted by molar-refractivity contribution is 5.97. The molecule has 156 valence electrons. The van der Waals surface area contributed by atoms with E-state index in [1.807, 2.05) is 72.8 Å². The van der Waals surface area contributed by atoms with E-state index in [0.29, 0.717) is 0 Å². The van der Waals surface area contributed by atoms with Crippen LogP contribution in [0.5, 0.6) is 0 Å². The van der Waals surface area contributed by atoms with E-state index >= 15 is 0 Å². The van der Waals surface area contributed by atoms with Crippen LogP contribution in [0.4, 0.5) is 0 Å². The molecular weight excluding hydrogens is 404 g/mol. The molecule has 5 rings (SSSR count). The molecule has 1 unspecified atom stereocenters. The number of carbonyl (C=O) groups is 1. The van der Waals surface area contributed by atoms with Crippen LogP contribution in [0.1, 0.15) is 27.5 Å². The Labute approximate surface area is 181 Å². The number of carbonyl (C=O) groups excluding carboxylic acids is 1. The third kappa shape index (κ3) is 3.56. The molecular formula is C25H18N4O3. The van der Waals surface area contributed by atoms with Crippen molar-refractivity contribution >= 4 is 27.7 Å². The fourth-order valence-corrected chi connectivity index (χ4v) is 3.87. The lowest BCUT2D eigenvalue weighted by atomic mass is 9.93. The maximum atomic E-state index is 13.2. The van der Waals surface area contributed by atoms with Gasteiger partial charge >= 0.3 is 5.69 Å².